The second kappa shape index (κ2) is 15.5. The number of nitrogens with zero attached hydrogens (tertiary/aromatic N) is 2. The first-order chi connectivity index (χ1) is 26.4. The topological polar surface area (TPSA) is 182 Å². The number of amides is 4. The van der Waals surface area contributed by atoms with Crippen molar-refractivity contribution < 1.29 is 55.0 Å². The van der Waals surface area contributed by atoms with Gasteiger partial charge in [0.25, 0.3) is 5.91 Å². The van der Waals surface area contributed by atoms with Gasteiger partial charge < -0.3 is 29.7 Å². The molecular formula is C39H46F3N5O9S. The molecule has 4 amide bonds. The molecule has 2 aliphatic rings. The van der Waals surface area contributed by atoms with Crippen LogP contribution in [0.5, 0.6) is 11.5 Å². The van der Waals surface area contributed by atoms with Crippen molar-refractivity contribution in [2.24, 2.45) is 11.3 Å². The molecule has 14 nitrogen and oxygen atoms in total. The number of hydrogen-bond acceptors (Lipinski definition) is 10. The highest BCUT2D eigenvalue weighted by molar-refractivity contribution is 7.90. The average Bonchev–Trinajstić information content (AvgIpc) is 3.67. The van der Waals surface area contributed by atoms with Gasteiger partial charge in [0.05, 0.1) is 24.9 Å². The van der Waals surface area contributed by atoms with Gasteiger partial charge in [-0.05, 0) is 44.7 Å². The minimum absolute atomic E-state index is 0.182. The van der Waals surface area contributed by atoms with Gasteiger partial charge in [-0.2, -0.15) is 21.6 Å². The molecule has 1 aliphatic carbocycles. The first kappa shape index (κ1) is 42.7. The average molecular weight is 818 g/mol. The number of hydrogen-bond donors (Lipinski definition) is 3. The van der Waals surface area contributed by atoms with Crippen LogP contribution in [0, 0.1) is 11.3 Å². The van der Waals surface area contributed by atoms with Gasteiger partial charge in [0, 0.05) is 35.4 Å². The Morgan fingerprint density at radius 3 is 2.25 bits per heavy atom. The third-order valence-electron chi connectivity index (χ3n) is 9.55. The number of methoxy groups -OCH3 is 1. The number of benzene rings is 2. The van der Waals surface area contributed by atoms with Crippen LogP contribution in [-0.2, 0) is 29.1 Å². The van der Waals surface area contributed by atoms with Crippen LogP contribution in [0.1, 0.15) is 54.4 Å². The summed E-state index contributed by atoms with van der Waals surface area (Å²) in [4.78, 5) is 61.0. The number of rotatable bonds is 11. The van der Waals surface area contributed by atoms with Crippen molar-refractivity contribution >= 4 is 44.7 Å². The lowest BCUT2D eigenvalue weighted by Crippen LogP contribution is -2.60. The summed E-state index contributed by atoms with van der Waals surface area (Å²) in [7, 11) is -4.61. The van der Waals surface area contributed by atoms with Crippen LogP contribution >= 0.6 is 0 Å². The maximum atomic E-state index is 14.6. The standard InChI is InChI=1S/C39H46F3N5O9S/c1-9-23-20-38(23,34(50)46-57(52,53)39(40,41)42)45-32(48)29-18-25(21-47(29)33(49)31(36(2,3)4)44-35(51)56-37(5,6)7)55-30-19-27(22-13-11-10-12-14-22)43-28-17-24(54-8)15-16-26(28)30/h9-17,19,23,25,29,31H,1,18,20-21H2,2-8H3,(H,44,51)(H,45,48)(H,46,50). The first-order valence-corrected chi connectivity index (χ1v) is 19.5. The maximum absolute atomic E-state index is 14.6. The molecule has 2 aromatic carbocycles. The molecule has 18 heteroatoms. The lowest BCUT2D eigenvalue weighted by atomic mass is 9.85. The number of alkyl carbamates (subject to hydrolysis) is 1. The van der Waals surface area contributed by atoms with Gasteiger partial charge in [0.15, 0.2) is 0 Å². The van der Waals surface area contributed by atoms with Crippen molar-refractivity contribution in [3.05, 3.63) is 67.3 Å². The molecule has 2 heterocycles. The number of sulfonamides is 1. The fourth-order valence-electron chi connectivity index (χ4n) is 6.56. The number of nitrogens with one attached hydrogen (secondary N) is 3. The van der Waals surface area contributed by atoms with Crippen molar-refractivity contribution in [3.8, 4) is 22.8 Å². The lowest BCUT2D eigenvalue weighted by Gasteiger charge is -2.36. The van der Waals surface area contributed by atoms with Crippen LogP contribution < -0.4 is 24.8 Å². The molecule has 1 aromatic heterocycles. The summed E-state index contributed by atoms with van der Waals surface area (Å²) in [6, 6.07) is 13.5. The van der Waals surface area contributed by atoms with E-state index in [4.69, 9.17) is 19.2 Å². The van der Waals surface area contributed by atoms with E-state index in [-0.39, 0.29) is 19.4 Å². The third-order valence-corrected chi connectivity index (χ3v) is 10.6. The molecule has 308 valence electrons. The summed E-state index contributed by atoms with van der Waals surface area (Å²) in [5, 5.41) is 5.63. The number of fused-ring (bicyclic) bond motifs is 1. The predicted octanol–water partition coefficient (Wildman–Crippen LogP) is 5.22. The Morgan fingerprint density at radius 1 is 1.02 bits per heavy atom. The molecule has 3 aromatic rings. The zero-order chi connectivity index (χ0) is 42.3. The fraction of sp³-hybridized carbons (Fsp3) is 0.462. The van der Waals surface area contributed by atoms with Crippen molar-refractivity contribution in [1.82, 2.24) is 25.2 Å². The molecule has 3 N–H and O–H groups in total. The largest absolute Gasteiger partial charge is 0.516 e. The summed E-state index contributed by atoms with van der Waals surface area (Å²) < 4.78 is 82.0. The Morgan fingerprint density at radius 2 is 1.68 bits per heavy atom. The van der Waals surface area contributed by atoms with Crippen molar-refractivity contribution in [1.29, 1.82) is 0 Å². The third kappa shape index (κ3) is 9.43. The molecular weight excluding hydrogens is 772 g/mol. The molecule has 5 atom stereocenters. The van der Waals surface area contributed by atoms with Gasteiger partial charge in [0.1, 0.15) is 40.8 Å². The zero-order valence-corrected chi connectivity index (χ0v) is 33.3. The normalized spacial score (nSPS) is 21.6. The van der Waals surface area contributed by atoms with Gasteiger partial charge in [-0.15, -0.1) is 6.58 Å². The number of ether oxygens (including phenoxy) is 3. The second-order valence-corrected chi connectivity index (χ2v) is 17.7. The van der Waals surface area contributed by atoms with Gasteiger partial charge in [-0.25, -0.2) is 14.5 Å². The number of alkyl halides is 3. The van der Waals surface area contributed by atoms with Crippen LogP contribution in [0.3, 0.4) is 0 Å². The van der Waals surface area contributed by atoms with Crippen LogP contribution in [-0.4, -0.2) is 90.6 Å². The van der Waals surface area contributed by atoms with Crippen LogP contribution in [0.15, 0.2) is 67.3 Å². The fourth-order valence-corrected chi connectivity index (χ4v) is 7.10. The predicted molar refractivity (Wildman–Crippen MR) is 203 cm³/mol. The number of likely N-dealkylation sites (tertiary alicyclic amines) is 1. The van der Waals surface area contributed by atoms with Crippen LogP contribution in [0.4, 0.5) is 18.0 Å². The van der Waals surface area contributed by atoms with Crippen molar-refractivity contribution in [2.45, 2.75) is 89.2 Å². The number of carbonyl (C=O) groups excluding carboxylic acids is 4. The highest BCUT2D eigenvalue weighted by Crippen LogP contribution is 2.46. The van der Waals surface area contributed by atoms with Gasteiger partial charge >= 0.3 is 21.6 Å². The van der Waals surface area contributed by atoms with E-state index in [0.29, 0.717) is 28.1 Å². The molecule has 1 saturated carbocycles. The van der Waals surface area contributed by atoms with E-state index in [1.807, 2.05) is 30.3 Å². The molecule has 1 saturated heterocycles. The Hall–Kier alpha value is -5.39. The number of carbonyl (C=O) groups is 4. The molecule has 0 spiro atoms. The number of halogens is 3. The molecule has 5 unspecified atom stereocenters. The van der Waals surface area contributed by atoms with E-state index in [1.54, 1.807) is 65.8 Å². The van der Waals surface area contributed by atoms with Crippen LogP contribution in [0.25, 0.3) is 22.2 Å². The SMILES string of the molecule is C=CC1CC1(NC(=O)C1CC(Oc2cc(-c3ccccc3)nc3cc(OC)ccc23)CN1C(=O)C(NC(=O)OC(C)(C)C)C(C)(C)C)C(=O)NS(=O)(=O)C(F)(F)F. The minimum atomic E-state index is -6.13. The summed E-state index contributed by atoms with van der Waals surface area (Å²) in [5.41, 5.74) is -7.95. The molecule has 2 fully saturated rings. The smallest absolute Gasteiger partial charge is 0.497 e. The quantitative estimate of drug-likeness (QED) is 0.217. The monoisotopic (exact) mass is 817 g/mol. The number of pyridine rings is 1. The Balaban J connectivity index is 1.53. The van der Waals surface area contributed by atoms with Gasteiger partial charge in [-0.1, -0.05) is 57.2 Å². The summed E-state index contributed by atoms with van der Waals surface area (Å²) in [6.07, 6.45) is -1.03. The summed E-state index contributed by atoms with van der Waals surface area (Å²) in [5.74, 6) is -3.37. The lowest BCUT2D eigenvalue weighted by molar-refractivity contribution is -0.143. The molecule has 57 heavy (non-hydrogen) atoms. The van der Waals surface area contributed by atoms with Crippen molar-refractivity contribution in [3.63, 3.8) is 0 Å². The van der Waals surface area contributed by atoms with E-state index in [2.05, 4.69) is 17.2 Å². The molecule has 0 bridgehead atoms. The number of aromatic nitrogens is 1. The van der Waals surface area contributed by atoms with E-state index in [1.165, 1.54) is 18.1 Å². The van der Waals surface area contributed by atoms with Gasteiger partial charge in [0.2, 0.25) is 11.8 Å². The highest BCUT2D eigenvalue weighted by atomic mass is 32.2. The van der Waals surface area contributed by atoms with E-state index < -0.39 is 80.0 Å². The summed E-state index contributed by atoms with van der Waals surface area (Å²) >= 11 is 0. The molecule has 1 aliphatic heterocycles. The van der Waals surface area contributed by atoms with E-state index >= 15 is 0 Å². The van der Waals surface area contributed by atoms with E-state index in [0.717, 1.165) is 10.3 Å². The minimum Gasteiger partial charge on any atom is -0.497 e. The molecule has 5 rings (SSSR count). The maximum Gasteiger partial charge on any atom is 0.516 e. The first-order valence-electron chi connectivity index (χ1n) is 18.0. The van der Waals surface area contributed by atoms with Gasteiger partial charge in [-0.3, -0.25) is 14.4 Å². The second-order valence-electron chi connectivity index (χ2n) is 16.1. The highest BCUT2D eigenvalue weighted by Gasteiger charge is 2.63. The molecule has 0 radical (unpaired) electrons. The Labute approximate surface area is 328 Å². The zero-order valence-electron chi connectivity index (χ0n) is 32.5. The van der Waals surface area contributed by atoms with E-state index in [9.17, 15) is 40.8 Å². The van der Waals surface area contributed by atoms with Crippen LogP contribution in [0.2, 0.25) is 0 Å². The summed E-state index contributed by atoms with van der Waals surface area (Å²) in [6.45, 7) is 13.4. The van der Waals surface area contributed by atoms with Crippen molar-refractivity contribution in [2.75, 3.05) is 13.7 Å². The Kier molecular flexibility index (Phi) is 11.6. The Bertz CT molecular complexity index is 2170.